The van der Waals surface area contributed by atoms with Crippen LogP contribution >= 0.6 is 0 Å². The lowest BCUT2D eigenvalue weighted by atomic mass is 10.0. The van der Waals surface area contributed by atoms with E-state index in [1.165, 1.54) is 36.0 Å². The van der Waals surface area contributed by atoms with Crippen LogP contribution < -0.4 is 5.32 Å². The fourth-order valence-electron chi connectivity index (χ4n) is 3.13. The third-order valence-electron chi connectivity index (χ3n) is 4.08. The summed E-state index contributed by atoms with van der Waals surface area (Å²) in [7, 11) is 0. The summed E-state index contributed by atoms with van der Waals surface area (Å²) in [4.78, 5) is 0. The molecule has 1 aromatic heterocycles. The smallest absolute Gasteiger partial charge is 0.123 e. The SMILES string of the molecule is CCCCCn1c2c(c3cc(F)ccc31)CCNC2. The average Bonchev–Trinajstić information content (AvgIpc) is 2.73. The predicted molar refractivity (Wildman–Crippen MR) is 76.8 cm³/mol. The normalized spacial score (nSPS) is 14.8. The molecule has 1 aromatic carbocycles. The first-order chi connectivity index (χ1) is 9.31. The van der Waals surface area contributed by atoms with Gasteiger partial charge in [0.05, 0.1) is 0 Å². The Hall–Kier alpha value is -1.35. The summed E-state index contributed by atoms with van der Waals surface area (Å²) in [6, 6.07) is 5.22. The van der Waals surface area contributed by atoms with Crippen molar-refractivity contribution in [1.29, 1.82) is 0 Å². The molecule has 102 valence electrons. The maximum Gasteiger partial charge on any atom is 0.123 e. The van der Waals surface area contributed by atoms with Gasteiger partial charge < -0.3 is 9.88 Å². The number of halogens is 1. The van der Waals surface area contributed by atoms with Crippen LogP contribution in [0.4, 0.5) is 4.39 Å². The van der Waals surface area contributed by atoms with Gasteiger partial charge in [-0.1, -0.05) is 19.8 Å². The molecule has 3 heteroatoms. The molecule has 0 fully saturated rings. The number of fused-ring (bicyclic) bond motifs is 3. The van der Waals surface area contributed by atoms with Crippen molar-refractivity contribution in [2.24, 2.45) is 0 Å². The Bertz CT molecular complexity index is 586. The van der Waals surface area contributed by atoms with Crippen molar-refractivity contribution < 1.29 is 4.39 Å². The maximum absolute atomic E-state index is 13.5. The molecule has 0 aliphatic carbocycles. The molecule has 0 spiro atoms. The molecule has 19 heavy (non-hydrogen) atoms. The quantitative estimate of drug-likeness (QED) is 0.831. The molecule has 1 N–H and O–H groups in total. The van der Waals surface area contributed by atoms with Crippen molar-refractivity contribution in [3.63, 3.8) is 0 Å². The van der Waals surface area contributed by atoms with Crippen molar-refractivity contribution >= 4 is 10.9 Å². The molecule has 2 nitrogen and oxygen atoms in total. The van der Waals surface area contributed by atoms with E-state index in [4.69, 9.17) is 0 Å². The lowest BCUT2D eigenvalue weighted by molar-refractivity contribution is 0.556. The van der Waals surface area contributed by atoms with Crippen LogP contribution in [0, 0.1) is 5.82 Å². The van der Waals surface area contributed by atoms with E-state index in [0.717, 1.165) is 31.4 Å². The highest BCUT2D eigenvalue weighted by Gasteiger charge is 2.19. The number of hydrogen-bond donors (Lipinski definition) is 1. The van der Waals surface area contributed by atoms with Gasteiger partial charge in [-0.15, -0.1) is 0 Å². The van der Waals surface area contributed by atoms with E-state index < -0.39 is 0 Å². The summed E-state index contributed by atoms with van der Waals surface area (Å²) >= 11 is 0. The van der Waals surface area contributed by atoms with Crippen LogP contribution in [-0.2, 0) is 19.5 Å². The molecule has 0 saturated heterocycles. The van der Waals surface area contributed by atoms with Gasteiger partial charge in [0.25, 0.3) is 0 Å². The van der Waals surface area contributed by atoms with Gasteiger partial charge in [0.15, 0.2) is 0 Å². The highest BCUT2D eigenvalue weighted by molar-refractivity contribution is 5.86. The third-order valence-corrected chi connectivity index (χ3v) is 4.08. The summed E-state index contributed by atoms with van der Waals surface area (Å²) in [5.41, 5.74) is 3.92. The van der Waals surface area contributed by atoms with Crippen molar-refractivity contribution in [2.45, 2.75) is 45.7 Å². The summed E-state index contributed by atoms with van der Waals surface area (Å²) in [6.45, 7) is 5.18. The number of aromatic nitrogens is 1. The fourth-order valence-corrected chi connectivity index (χ4v) is 3.13. The topological polar surface area (TPSA) is 17.0 Å². The molecule has 3 rings (SSSR count). The number of benzene rings is 1. The van der Waals surface area contributed by atoms with E-state index in [1.54, 1.807) is 12.1 Å². The van der Waals surface area contributed by atoms with Gasteiger partial charge in [-0.05, 0) is 43.1 Å². The van der Waals surface area contributed by atoms with Crippen molar-refractivity contribution in [3.05, 3.63) is 35.3 Å². The lowest BCUT2D eigenvalue weighted by Gasteiger charge is -2.17. The van der Waals surface area contributed by atoms with E-state index in [0.29, 0.717) is 0 Å². The maximum atomic E-state index is 13.5. The molecule has 0 saturated carbocycles. The number of nitrogens with one attached hydrogen (secondary N) is 1. The highest BCUT2D eigenvalue weighted by Crippen LogP contribution is 2.29. The van der Waals surface area contributed by atoms with Gasteiger partial charge >= 0.3 is 0 Å². The molecule has 0 radical (unpaired) electrons. The second kappa shape index (κ2) is 5.33. The average molecular weight is 260 g/mol. The highest BCUT2D eigenvalue weighted by atomic mass is 19.1. The van der Waals surface area contributed by atoms with Crippen molar-refractivity contribution in [2.75, 3.05) is 6.54 Å². The zero-order chi connectivity index (χ0) is 13.2. The van der Waals surface area contributed by atoms with Gasteiger partial charge in [0, 0.05) is 29.7 Å². The van der Waals surface area contributed by atoms with Gasteiger partial charge in [-0.25, -0.2) is 4.39 Å². The summed E-state index contributed by atoms with van der Waals surface area (Å²) in [6.07, 6.45) is 4.69. The van der Waals surface area contributed by atoms with Crippen LogP contribution in [0.3, 0.4) is 0 Å². The lowest BCUT2D eigenvalue weighted by Crippen LogP contribution is -2.25. The second-order valence-corrected chi connectivity index (χ2v) is 5.37. The second-order valence-electron chi connectivity index (χ2n) is 5.37. The minimum absolute atomic E-state index is 0.125. The van der Waals surface area contributed by atoms with E-state index in [9.17, 15) is 4.39 Å². The van der Waals surface area contributed by atoms with Crippen LogP contribution in [0.5, 0.6) is 0 Å². The number of aryl methyl sites for hydroxylation is 1. The first kappa shape index (κ1) is 12.7. The van der Waals surface area contributed by atoms with Gasteiger partial charge in [0.1, 0.15) is 5.82 Å². The molecular formula is C16H21FN2. The molecule has 1 aliphatic heterocycles. The van der Waals surface area contributed by atoms with Gasteiger partial charge in [0.2, 0.25) is 0 Å². The minimum Gasteiger partial charge on any atom is -0.343 e. The zero-order valence-electron chi connectivity index (χ0n) is 11.5. The first-order valence-corrected chi connectivity index (χ1v) is 7.31. The molecule has 1 aliphatic rings. The Morgan fingerprint density at radius 3 is 3.05 bits per heavy atom. The number of unbranched alkanes of at least 4 members (excludes halogenated alkanes) is 2. The Labute approximate surface area is 113 Å². The summed E-state index contributed by atoms with van der Waals surface area (Å²) in [5, 5.41) is 4.55. The largest absolute Gasteiger partial charge is 0.343 e. The number of nitrogens with zero attached hydrogens (tertiary/aromatic N) is 1. The Balaban J connectivity index is 2.08. The first-order valence-electron chi connectivity index (χ1n) is 7.31. The molecule has 2 heterocycles. The third kappa shape index (κ3) is 2.27. The Morgan fingerprint density at radius 2 is 2.21 bits per heavy atom. The van der Waals surface area contributed by atoms with Gasteiger partial charge in [-0.2, -0.15) is 0 Å². The standard InChI is InChI=1S/C16H21FN2/c1-2-3-4-9-19-15-6-5-12(17)10-14(15)13-7-8-18-11-16(13)19/h5-6,10,18H,2-4,7-9,11H2,1H3. The van der Waals surface area contributed by atoms with Crippen LogP contribution in [0.1, 0.15) is 37.4 Å². The summed E-state index contributed by atoms with van der Waals surface area (Å²) < 4.78 is 15.9. The number of rotatable bonds is 4. The molecule has 0 atom stereocenters. The molecule has 0 bridgehead atoms. The van der Waals surface area contributed by atoms with Crippen LogP contribution in [0.25, 0.3) is 10.9 Å². The van der Waals surface area contributed by atoms with Crippen molar-refractivity contribution in [3.8, 4) is 0 Å². The molecular weight excluding hydrogens is 239 g/mol. The van der Waals surface area contributed by atoms with Crippen molar-refractivity contribution in [1.82, 2.24) is 9.88 Å². The van der Waals surface area contributed by atoms with Crippen LogP contribution in [0.15, 0.2) is 18.2 Å². The minimum atomic E-state index is -0.125. The zero-order valence-corrected chi connectivity index (χ0v) is 11.5. The van der Waals surface area contributed by atoms with Gasteiger partial charge in [-0.3, -0.25) is 0 Å². The predicted octanol–water partition coefficient (Wildman–Crippen LogP) is 3.62. The summed E-state index contributed by atoms with van der Waals surface area (Å²) in [5.74, 6) is -0.125. The van der Waals surface area contributed by atoms with E-state index in [-0.39, 0.29) is 5.82 Å². The Kier molecular flexibility index (Phi) is 3.56. The molecule has 2 aromatic rings. The molecule has 0 amide bonds. The fraction of sp³-hybridized carbons (Fsp3) is 0.500. The number of hydrogen-bond acceptors (Lipinski definition) is 1. The van der Waals surface area contributed by atoms with Crippen LogP contribution in [0.2, 0.25) is 0 Å². The monoisotopic (exact) mass is 260 g/mol. The van der Waals surface area contributed by atoms with Crippen LogP contribution in [-0.4, -0.2) is 11.1 Å². The Morgan fingerprint density at radius 1 is 1.32 bits per heavy atom. The molecule has 0 unspecified atom stereocenters. The van der Waals surface area contributed by atoms with E-state index in [1.807, 2.05) is 6.07 Å². The van der Waals surface area contributed by atoms with E-state index in [2.05, 4.69) is 16.8 Å². The van der Waals surface area contributed by atoms with E-state index >= 15 is 0 Å².